The molecule has 0 spiro atoms. The number of hydrogen-bond acceptors (Lipinski definition) is 1. The summed E-state index contributed by atoms with van der Waals surface area (Å²) in [5, 5.41) is 10.8. The van der Waals surface area contributed by atoms with Gasteiger partial charge in [0, 0.05) is 0 Å². The van der Waals surface area contributed by atoms with Crippen molar-refractivity contribution in [1.82, 2.24) is 0 Å². The molecule has 0 aromatic carbocycles. The smallest absolute Gasteiger partial charge is 0.0594 e. The van der Waals surface area contributed by atoms with Crippen LogP contribution in [0.2, 0.25) is 0 Å². The minimum atomic E-state index is -0.103. The highest BCUT2D eigenvalue weighted by Crippen LogP contribution is 2.74. The van der Waals surface area contributed by atoms with Crippen LogP contribution in [0.15, 0.2) is 0 Å². The van der Waals surface area contributed by atoms with Gasteiger partial charge in [-0.15, -0.1) is 0 Å². The van der Waals surface area contributed by atoms with Crippen molar-refractivity contribution in [3.8, 4) is 0 Å². The zero-order chi connectivity index (χ0) is 22.8. The van der Waals surface area contributed by atoms with Crippen molar-refractivity contribution in [2.75, 3.05) is 0 Å². The van der Waals surface area contributed by atoms with Crippen LogP contribution in [0.3, 0.4) is 0 Å². The molecule has 4 aliphatic rings. The van der Waals surface area contributed by atoms with Gasteiger partial charge in [-0.2, -0.15) is 0 Å². The van der Waals surface area contributed by atoms with E-state index < -0.39 is 0 Å². The lowest BCUT2D eigenvalue weighted by Gasteiger charge is -2.67. The molecule has 0 heterocycles. The lowest BCUT2D eigenvalue weighted by molar-refractivity contribution is -0.200. The number of aliphatic hydroxyl groups excluding tert-OH is 1. The normalized spacial score (nSPS) is 49.9. The fourth-order valence-corrected chi connectivity index (χ4v) is 10.5. The molecule has 1 unspecified atom stereocenters. The second-order valence-electron chi connectivity index (χ2n) is 14.5. The summed E-state index contributed by atoms with van der Waals surface area (Å²) in [7, 11) is 0. The molecule has 4 saturated carbocycles. The molecule has 1 heteroatoms. The van der Waals surface area contributed by atoms with E-state index in [9.17, 15) is 5.11 Å². The highest BCUT2D eigenvalue weighted by Gasteiger charge is 2.67. The molecule has 0 aromatic rings. The standard InChI is InChI=1S/C30H54O/c1-20(2)10-9-11-21(3)22-14-18-30(8)24-12-13-25-27(4,5)26(31)16-17-28(25,6)23(24)15-19-29(22,30)7/h20-26,31H,9-19H2,1-8H3/t21-,22-,23+,24-,25?,26+,28-,29-,30+/m1/s1. The van der Waals surface area contributed by atoms with Crippen molar-refractivity contribution in [2.24, 2.45) is 57.2 Å². The van der Waals surface area contributed by atoms with Crippen molar-refractivity contribution >= 4 is 0 Å². The van der Waals surface area contributed by atoms with Crippen molar-refractivity contribution in [3.63, 3.8) is 0 Å². The summed E-state index contributed by atoms with van der Waals surface area (Å²) in [6, 6.07) is 0. The Morgan fingerprint density at radius 1 is 0.742 bits per heavy atom. The van der Waals surface area contributed by atoms with Gasteiger partial charge in [0.15, 0.2) is 0 Å². The van der Waals surface area contributed by atoms with E-state index in [1.165, 1.54) is 64.2 Å². The van der Waals surface area contributed by atoms with E-state index in [1.807, 2.05) is 0 Å². The SMILES string of the molecule is CC(C)CCC[C@@H](C)[C@H]1CC[C@@]2(C)[C@@H]3CCC4C(C)(C)[C@@H](O)CC[C@]4(C)[C@H]3CC[C@]12C. The first-order valence-corrected chi connectivity index (χ1v) is 14.1. The Labute approximate surface area is 194 Å². The largest absolute Gasteiger partial charge is 0.393 e. The Bertz CT molecular complexity index is 651. The van der Waals surface area contributed by atoms with Crippen molar-refractivity contribution in [1.29, 1.82) is 0 Å². The second-order valence-corrected chi connectivity index (χ2v) is 14.5. The van der Waals surface area contributed by atoms with Crippen LogP contribution >= 0.6 is 0 Å². The molecule has 4 fully saturated rings. The first-order chi connectivity index (χ1) is 14.4. The third-order valence-electron chi connectivity index (χ3n) is 12.6. The van der Waals surface area contributed by atoms with Crippen molar-refractivity contribution < 1.29 is 5.11 Å². The van der Waals surface area contributed by atoms with Gasteiger partial charge < -0.3 is 5.11 Å². The van der Waals surface area contributed by atoms with E-state index in [-0.39, 0.29) is 11.5 Å². The number of hydrogen-bond donors (Lipinski definition) is 1. The topological polar surface area (TPSA) is 20.2 Å². The Morgan fingerprint density at radius 2 is 1.42 bits per heavy atom. The molecule has 0 radical (unpaired) electrons. The van der Waals surface area contributed by atoms with Crippen molar-refractivity contribution in [2.45, 2.75) is 132 Å². The summed E-state index contributed by atoms with van der Waals surface area (Å²) in [5.74, 6) is 5.16. The number of rotatable bonds is 5. The molecule has 0 amide bonds. The molecule has 0 aromatic heterocycles. The Hall–Kier alpha value is -0.0400. The summed E-state index contributed by atoms with van der Waals surface area (Å²) in [5.41, 5.74) is 1.60. The average molecular weight is 431 g/mol. The van der Waals surface area contributed by atoms with E-state index in [0.717, 1.165) is 36.0 Å². The van der Waals surface area contributed by atoms with Crippen LogP contribution in [-0.2, 0) is 0 Å². The van der Waals surface area contributed by atoms with Crippen LogP contribution in [0.1, 0.15) is 126 Å². The molecule has 4 aliphatic carbocycles. The Kier molecular flexibility index (Phi) is 6.24. The molecule has 4 rings (SSSR count). The predicted molar refractivity (Wildman–Crippen MR) is 133 cm³/mol. The third kappa shape index (κ3) is 3.49. The zero-order valence-corrected chi connectivity index (χ0v) is 22.3. The van der Waals surface area contributed by atoms with E-state index >= 15 is 0 Å². The maximum atomic E-state index is 10.8. The van der Waals surface area contributed by atoms with Gasteiger partial charge in [0.05, 0.1) is 6.10 Å². The maximum Gasteiger partial charge on any atom is 0.0594 e. The maximum absolute atomic E-state index is 10.8. The summed E-state index contributed by atoms with van der Waals surface area (Å²) in [6.07, 6.45) is 15.0. The van der Waals surface area contributed by atoms with Crippen LogP contribution in [0.25, 0.3) is 0 Å². The lowest BCUT2D eigenvalue weighted by Crippen LogP contribution is -2.61. The summed E-state index contributed by atoms with van der Waals surface area (Å²) in [6.45, 7) is 20.2. The van der Waals surface area contributed by atoms with Gasteiger partial charge in [0.1, 0.15) is 0 Å². The van der Waals surface area contributed by atoms with Crippen LogP contribution in [0.4, 0.5) is 0 Å². The first-order valence-electron chi connectivity index (χ1n) is 14.1. The molecular formula is C30H54O. The average Bonchev–Trinajstić information content (AvgIpc) is 2.96. The first kappa shape index (κ1) is 24.1. The van der Waals surface area contributed by atoms with Gasteiger partial charge in [0.2, 0.25) is 0 Å². The zero-order valence-electron chi connectivity index (χ0n) is 22.3. The third-order valence-corrected chi connectivity index (χ3v) is 12.6. The minimum Gasteiger partial charge on any atom is -0.393 e. The lowest BCUT2D eigenvalue weighted by atomic mass is 9.38. The fourth-order valence-electron chi connectivity index (χ4n) is 10.5. The monoisotopic (exact) mass is 430 g/mol. The molecule has 0 aliphatic heterocycles. The molecule has 1 N–H and O–H groups in total. The molecule has 1 nitrogen and oxygen atoms in total. The van der Waals surface area contributed by atoms with E-state index in [0.29, 0.717) is 22.2 Å². The van der Waals surface area contributed by atoms with Gasteiger partial charge in [-0.05, 0) is 109 Å². The molecule has 0 bridgehead atoms. The Balaban J connectivity index is 1.56. The molecule has 0 saturated heterocycles. The quantitative estimate of drug-likeness (QED) is 0.463. The number of aliphatic hydroxyl groups is 1. The van der Waals surface area contributed by atoms with Gasteiger partial charge in [-0.1, -0.05) is 74.7 Å². The highest BCUT2D eigenvalue weighted by molar-refractivity contribution is 5.16. The van der Waals surface area contributed by atoms with E-state index in [1.54, 1.807) is 0 Å². The van der Waals surface area contributed by atoms with Gasteiger partial charge in [-0.3, -0.25) is 0 Å². The Morgan fingerprint density at radius 3 is 2.10 bits per heavy atom. The fraction of sp³-hybridized carbons (Fsp3) is 1.00. The van der Waals surface area contributed by atoms with Gasteiger partial charge in [-0.25, -0.2) is 0 Å². The van der Waals surface area contributed by atoms with Gasteiger partial charge in [0.25, 0.3) is 0 Å². The van der Waals surface area contributed by atoms with Crippen LogP contribution in [0.5, 0.6) is 0 Å². The molecule has 9 atom stereocenters. The predicted octanol–water partition coefficient (Wildman–Crippen LogP) is 8.49. The molecular weight excluding hydrogens is 376 g/mol. The summed E-state index contributed by atoms with van der Waals surface area (Å²) < 4.78 is 0. The van der Waals surface area contributed by atoms with Crippen molar-refractivity contribution in [3.05, 3.63) is 0 Å². The molecule has 31 heavy (non-hydrogen) atoms. The van der Waals surface area contributed by atoms with Gasteiger partial charge >= 0.3 is 0 Å². The molecule has 180 valence electrons. The van der Waals surface area contributed by atoms with Crippen LogP contribution in [0, 0.1) is 57.2 Å². The minimum absolute atomic E-state index is 0.0861. The second kappa shape index (κ2) is 8.02. The highest BCUT2D eigenvalue weighted by atomic mass is 16.3. The van der Waals surface area contributed by atoms with E-state index in [4.69, 9.17) is 0 Å². The van der Waals surface area contributed by atoms with Crippen LogP contribution in [-0.4, -0.2) is 11.2 Å². The van der Waals surface area contributed by atoms with E-state index in [2.05, 4.69) is 55.4 Å². The number of fused-ring (bicyclic) bond motifs is 5. The summed E-state index contributed by atoms with van der Waals surface area (Å²) in [4.78, 5) is 0. The van der Waals surface area contributed by atoms with Crippen LogP contribution < -0.4 is 0 Å². The summed E-state index contributed by atoms with van der Waals surface area (Å²) >= 11 is 0.